The highest BCUT2D eigenvalue weighted by Crippen LogP contribution is 2.29. The Morgan fingerprint density at radius 3 is 2.21 bits per heavy atom. The zero-order valence-electron chi connectivity index (χ0n) is 11.5. The molecule has 0 atom stereocenters. The molecule has 0 saturated heterocycles. The molecule has 0 amide bonds. The normalized spacial score (nSPS) is 11.6. The van der Waals surface area contributed by atoms with Crippen molar-refractivity contribution in [3.05, 3.63) is 41.1 Å². The third kappa shape index (κ3) is 2.52. The fraction of sp³-hybridized carbons (Fsp3) is 0.333. The zero-order chi connectivity index (χ0) is 14.2. The van der Waals surface area contributed by atoms with Crippen molar-refractivity contribution in [2.45, 2.75) is 33.1 Å². The van der Waals surface area contributed by atoms with Gasteiger partial charge in [-0.1, -0.05) is 50.2 Å². The highest BCUT2D eigenvalue weighted by atomic mass is 16.5. The largest absolute Gasteiger partial charge is 0.476 e. The maximum atomic E-state index is 10.9. The van der Waals surface area contributed by atoms with Gasteiger partial charge in [0.15, 0.2) is 11.5 Å². The maximum Gasteiger partial charge on any atom is 0.358 e. The van der Waals surface area contributed by atoms with Crippen molar-refractivity contribution in [3.63, 3.8) is 0 Å². The number of rotatable bonds is 2. The second-order valence-corrected chi connectivity index (χ2v) is 5.62. The molecule has 0 aliphatic rings. The molecule has 0 spiro atoms. The number of carboxylic acids is 1. The van der Waals surface area contributed by atoms with Gasteiger partial charge in [0, 0.05) is 11.1 Å². The van der Waals surface area contributed by atoms with Crippen LogP contribution in [0.15, 0.2) is 28.8 Å². The SMILES string of the molecule is Cc1c(C(=O)O)noc1-c1ccc(C(C)(C)C)cc1. The fourth-order valence-corrected chi connectivity index (χ4v) is 1.93. The van der Waals surface area contributed by atoms with E-state index in [1.54, 1.807) is 6.92 Å². The van der Waals surface area contributed by atoms with E-state index in [1.165, 1.54) is 5.56 Å². The monoisotopic (exact) mass is 259 g/mol. The van der Waals surface area contributed by atoms with Crippen molar-refractivity contribution < 1.29 is 14.4 Å². The second-order valence-electron chi connectivity index (χ2n) is 5.62. The average molecular weight is 259 g/mol. The summed E-state index contributed by atoms with van der Waals surface area (Å²) in [6, 6.07) is 7.91. The fourth-order valence-electron chi connectivity index (χ4n) is 1.93. The van der Waals surface area contributed by atoms with E-state index < -0.39 is 5.97 Å². The third-order valence-corrected chi connectivity index (χ3v) is 3.14. The quantitative estimate of drug-likeness (QED) is 0.894. The summed E-state index contributed by atoms with van der Waals surface area (Å²) in [7, 11) is 0. The smallest absolute Gasteiger partial charge is 0.358 e. The van der Waals surface area contributed by atoms with Crippen LogP contribution in [0.3, 0.4) is 0 Å². The van der Waals surface area contributed by atoms with Gasteiger partial charge < -0.3 is 9.63 Å². The Labute approximate surface area is 112 Å². The van der Waals surface area contributed by atoms with Crippen molar-refractivity contribution in [3.8, 4) is 11.3 Å². The molecule has 19 heavy (non-hydrogen) atoms. The lowest BCUT2D eigenvalue weighted by atomic mass is 9.86. The Bertz CT molecular complexity index is 603. The number of aromatic carboxylic acids is 1. The minimum absolute atomic E-state index is 0.0325. The molecule has 2 aromatic rings. The van der Waals surface area contributed by atoms with Crippen LogP contribution in [0, 0.1) is 6.92 Å². The lowest BCUT2D eigenvalue weighted by molar-refractivity contribution is 0.0685. The van der Waals surface area contributed by atoms with Crippen LogP contribution >= 0.6 is 0 Å². The molecular weight excluding hydrogens is 242 g/mol. The van der Waals surface area contributed by atoms with Crippen molar-refractivity contribution in [1.29, 1.82) is 0 Å². The highest BCUT2D eigenvalue weighted by Gasteiger charge is 2.19. The molecule has 0 aliphatic heterocycles. The summed E-state index contributed by atoms with van der Waals surface area (Å²) in [5.74, 6) is -0.559. The first kappa shape index (κ1) is 13.3. The minimum Gasteiger partial charge on any atom is -0.476 e. The van der Waals surface area contributed by atoms with Gasteiger partial charge >= 0.3 is 5.97 Å². The predicted octanol–water partition coefficient (Wildman–Crippen LogP) is 3.65. The Morgan fingerprint density at radius 2 is 1.79 bits per heavy atom. The van der Waals surface area contributed by atoms with Crippen molar-refractivity contribution >= 4 is 5.97 Å². The van der Waals surface area contributed by atoms with E-state index in [0.29, 0.717) is 11.3 Å². The molecule has 1 aromatic carbocycles. The number of nitrogens with zero attached hydrogens (tertiary/aromatic N) is 1. The molecule has 100 valence electrons. The lowest BCUT2D eigenvalue weighted by Crippen LogP contribution is -2.10. The second kappa shape index (κ2) is 4.53. The van der Waals surface area contributed by atoms with Crippen LogP contribution in [-0.4, -0.2) is 16.2 Å². The lowest BCUT2D eigenvalue weighted by Gasteiger charge is -2.18. The van der Waals surface area contributed by atoms with Gasteiger partial charge in [0.25, 0.3) is 0 Å². The summed E-state index contributed by atoms with van der Waals surface area (Å²) in [4.78, 5) is 10.9. The van der Waals surface area contributed by atoms with Crippen LogP contribution in [0.1, 0.15) is 42.4 Å². The van der Waals surface area contributed by atoms with Gasteiger partial charge in [0.1, 0.15) is 0 Å². The summed E-state index contributed by atoms with van der Waals surface area (Å²) in [5, 5.41) is 12.5. The molecule has 0 unspecified atom stereocenters. The summed E-state index contributed by atoms with van der Waals surface area (Å²) in [5.41, 5.74) is 2.66. The predicted molar refractivity (Wildman–Crippen MR) is 72.3 cm³/mol. The summed E-state index contributed by atoms with van der Waals surface area (Å²) in [6.07, 6.45) is 0. The van der Waals surface area contributed by atoms with Gasteiger partial charge in [-0.25, -0.2) is 4.79 Å². The van der Waals surface area contributed by atoms with Gasteiger partial charge in [-0.05, 0) is 17.9 Å². The Kier molecular flexibility index (Phi) is 3.18. The Balaban J connectivity index is 2.41. The molecule has 0 radical (unpaired) electrons. The van der Waals surface area contributed by atoms with Crippen LogP contribution in [0.2, 0.25) is 0 Å². The minimum atomic E-state index is -1.07. The first-order chi connectivity index (χ1) is 8.80. The summed E-state index contributed by atoms with van der Waals surface area (Å²) < 4.78 is 5.14. The van der Waals surface area contributed by atoms with E-state index >= 15 is 0 Å². The number of carboxylic acid groups (broad SMARTS) is 1. The van der Waals surface area contributed by atoms with Crippen LogP contribution in [0.25, 0.3) is 11.3 Å². The zero-order valence-corrected chi connectivity index (χ0v) is 11.5. The molecule has 1 aromatic heterocycles. The van der Waals surface area contributed by atoms with Gasteiger partial charge in [0.2, 0.25) is 0 Å². The van der Waals surface area contributed by atoms with Crippen LogP contribution in [0.5, 0.6) is 0 Å². The average Bonchev–Trinajstić information content (AvgIpc) is 2.70. The summed E-state index contributed by atoms with van der Waals surface area (Å²) >= 11 is 0. The van der Waals surface area contributed by atoms with Gasteiger partial charge in [-0.15, -0.1) is 0 Å². The van der Waals surface area contributed by atoms with E-state index in [0.717, 1.165) is 5.56 Å². The van der Waals surface area contributed by atoms with E-state index in [-0.39, 0.29) is 11.1 Å². The molecule has 2 rings (SSSR count). The van der Waals surface area contributed by atoms with E-state index in [4.69, 9.17) is 9.63 Å². The topological polar surface area (TPSA) is 63.3 Å². The third-order valence-electron chi connectivity index (χ3n) is 3.14. The first-order valence-electron chi connectivity index (χ1n) is 6.11. The van der Waals surface area contributed by atoms with Crippen molar-refractivity contribution in [2.75, 3.05) is 0 Å². The Hall–Kier alpha value is -2.10. The number of hydrogen-bond donors (Lipinski definition) is 1. The molecule has 0 aliphatic carbocycles. The molecule has 4 nitrogen and oxygen atoms in total. The Morgan fingerprint density at radius 1 is 1.21 bits per heavy atom. The van der Waals surface area contributed by atoms with E-state index in [1.807, 2.05) is 24.3 Å². The summed E-state index contributed by atoms with van der Waals surface area (Å²) in [6.45, 7) is 8.13. The van der Waals surface area contributed by atoms with E-state index in [9.17, 15) is 4.79 Å². The number of aromatic nitrogens is 1. The van der Waals surface area contributed by atoms with Crippen LogP contribution in [0.4, 0.5) is 0 Å². The molecule has 0 saturated carbocycles. The maximum absolute atomic E-state index is 10.9. The van der Waals surface area contributed by atoms with Gasteiger partial charge in [-0.3, -0.25) is 0 Å². The van der Waals surface area contributed by atoms with Gasteiger partial charge in [0.05, 0.1) is 0 Å². The van der Waals surface area contributed by atoms with Crippen molar-refractivity contribution in [1.82, 2.24) is 5.16 Å². The first-order valence-corrected chi connectivity index (χ1v) is 6.11. The number of benzene rings is 1. The molecule has 0 bridgehead atoms. The molecule has 1 N–H and O–H groups in total. The van der Waals surface area contributed by atoms with Crippen LogP contribution < -0.4 is 0 Å². The van der Waals surface area contributed by atoms with E-state index in [2.05, 4.69) is 25.9 Å². The standard InChI is InChI=1S/C15H17NO3/c1-9-12(14(17)18)16-19-13(9)10-5-7-11(8-6-10)15(2,3)4/h5-8H,1-4H3,(H,17,18). The van der Waals surface area contributed by atoms with Crippen LogP contribution in [-0.2, 0) is 5.41 Å². The number of carbonyl (C=O) groups is 1. The molecule has 4 heteroatoms. The molecule has 0 fully saturated rings. The molecule has 1 heterocycles. The van der Waals surface area contributed by atoms with Gasteiger partial charge in [-0.2, -0.15) is 0 Å². The highest BCUT2D eigenvalue weighted by molar-refractivity contribution is 5.88. The molecular formula is C15H17NO3. The number of hydrogen-bond acceptors (Lipinski definition) is 3. The van der Waals surface area contributed by atoms with Crippen molar-refractivity contribution in [2.24, 2.45) is 0 Å².